The van der Waals surface area contributed by atoms with Gasteiger partial charge < -0.3 is 43.7 Å². The third kappa shape index (κ3) is 8.55. The Hall–Kier alpha value is 0.680. The maximum atomic E-state index is 12.5. The van der Waals surface area contributed by atoms with Crippen LogP contribution < -0.4 is 59.1 Å². The molecule has 5 aliphatic heterocycles. The summed E-state index contributed by atoms with van der Waals surface area (Å²) in [5.41, 5.74) is 2.25. The van der Waals surface area contributed by atoms with Gasteiger partial charge >= 0.3 is 59.1 Å². The van der Waals surface area contributed by atoms with E-state index >= 15 is 0 Å². The van der Waals surface area contributed by atoms with Crippen molar-refractivity contribution in [3.63, 3.8) is 0 Å². The first-order valence-corrected chi connectivity index (χ1v) is 31.5. The fraction of sp³-hybridized carbons (Fsp3) is 0.897. The van der Waals surface area contributed by atoms with E-state index in [1.54, 1.807) is 27.7 Å². The molecule has 22 atom stereocenters. The maximum Gasteiger partial charge on any atom is 1.00 e. The van der Waals surface area contributed by atoms with E-state index in [2.05, 4.69) is 47.6 Å². The largest absolute Gasteiger partial charge is 1.00 e. The molecule has 0 amide bonds. The molecular formula is C58H86Na2O15S2. The Morgan fingerprint density at radius 3 is 1.61 bits per heavy atom. The van der Waals surface area contributed by atoms with Gasteiger partial charge in [0.05, 0.1) is 37.6 Å². The summed E-state index contributed by atoms with van der Waals surface area (Å²) in [6, 6.07) is 0. The van der Waals surface area contributed by atoms with Crippen molar-refractivity contribution in [1.82, 2.24) is 0 Å². The molecule has 4 saturated carbocycles. The van der Waals surface area contributed by atoms with Crippen LogP contribution in [0, 0.1) is 91.2 Å². The molecule has 9 fully saturated rings. The Morgan fingerprint density at radius 1 is 0.701 bits per heavy atom. The van der Waals surface area contributed by atoms with Crippen molar-refractivity contribution < 1.29 is 128 Å². The average molecular weight is 1130 g/mol. The topological polar surface area (TPSA) is 241 Å². The van der Waals surface area contributed by atoms with Crippen molar-refractivity contribution >= 4 is 20.8 Å². The summed E-state index contributed by atoms with van der Waals surface area (Å²) in [5.74, 6) is -2.77. The molecule has 2 spiro atoms. The van der Waals surface area contributed by atoms with Gasteiger partial charge in [-0.25, -0.2) is 16.8 Å². The second kappa shape index (κ2) is 19.3. The number of aliphatic hydroxyl groups is 4. The zero-order valence-corrected chi connectivity index (χ0v) is 53.7. The van der Waals surface area contributed by atoms with E-state index in [-0.39, 0.29) is 131 Å². The third-order valence-electron chi connectivity index (χ3n) is 25.5. The number of hydrogen-bond acceptors (Lipinski definition) is 15. The van der Waals surface area contributed by atoms with E-state index in [0.29, 0.717) is 36.5 Å². The predicted octanol–water partition coefficient (Wildman–Crippen LogP) is 2.15. The first kappa shape index (κ1) is 60.8. The normalized spacial score (nSPS) is 50.6. The predicted molar refractivity (Wildman–Crippen MR) is 273 cm³/mol. The zero-order chi connectivity index (χ0) is 54.0. The van der Waals surface area contributed by atoms with E-state index in [1.165, 1.54) is 27.9 Å². The summed E-state index contributed by atoms with van der Waals surface area (Å²) < 4.78 is 106. The van der Waals surface area contributed by atoms with Crippen LogP contribution in [0.3, 0.4) is 0 Å². The second-order valence-electron chi connectivity index (χ2n) is 29.2. The van der Waals surface area contributed by atoms with Crippen LogP contribution in [0.15, 0.2) is 33.9 Å². The molecule has 9 aliphatic carbocycles. The molecule has 4 N–H and O–H groups in total. The number of hydrogen-bond donors (Lipinski definition) is 4. The number of allylic oxidation sites excluding steroid dienone is 1. The van der Waals surface area contributed by atoms with Crippen molar-refractivity contribution in [3.05, 3.63) is 33.9 Å². The summed E-state index contributed by atoms with van der Waals surface area (Å²) >= 11 is 0. The molecule has 11 unspecified atom stereocenters. The van der Waals surface area contributed by atoms with Crippen LogP contribution in [0.4, 0.5) is 0 Å². The summed E-state index contributed by atoms with van der Waals surface area (Å²) in [5, 5.41) is 46.5. The smallest absolute Gasteiger partial charge is 0.726 e. The van der Waals surface area contributed by atoms with Gasteiger partial charge in [0.1, 0.15) is 12.2 Å². The van der Waals surface area contributed by atoms with Gasteiger partial charge in [0, 0.05) is 38.9 Å². The Labute approximate surface area is 503 Å². The molecule has 14 rings (SSSR count). The summed E-state index contributed by atoms with van der Waals surface area (Å²) in [6.45, 7) is 21.9. The van der Waals surface area contributed by atoms with E-state index in [1.807, 2.05) is 0 Å². The molecule has 0 radical (unpaired) electrons. The van der Waals surface area contributed by atoms with Gasteiger partial charge in [-0.2, -0.15) is 0 Å². The summed E-state index contributed by atoms with van der Waals surface area (Å²) in [6.07, 6.45) is 10.6. The van der Waals surface area contributed by atoms with Crippen molar-refractivity contribution in [1.29, 1.82) is 0 Å². The third-order valence-corrected chi connectivity index (χ3v) is 26.5. The van der Waals surface area contributed by atoms with Gasteiger partial charge in [0.25, 0.3) is 0 Å². The van der Waals surface area contributed by atoms with Crippen molar-refractivity contribution in [2.45, 2.75) is 220 Å². The quantitative estimate of drug-likeness (QED) is 0.106. The number of ether oxygens (including phenoxy) is 3. The van der Waals surface area contributed by atoms with E-state index in [0.717, 1.165) is 77.0 Å². The van der Waals surface area contributed by atoms with Gasteiger partial charge in [-0.15, -0.1) is 0 Å². The van der Waals surface area contributed by atoms with Gasteiger partial charge in [-0.1, -0.05) is 96.3 Å². The van der Waals surface area contributed by atoms with Gasteiger partial charge in [0.15, 0.2) is 11.6 Å². The zero-order valence-electron chi connectivity index (χ0n) is 48.1. The molecule has 19 heteroatoms. The first-order chi connectivity index (χ1) is 34.7. The van der Waals surface area contributed by atoms with E-state index in [9.17, 15) is 46.4 Å². The Kier molecular flexibility index (Phi) is 15.3. The van der Waals surface area contributed by atoms with Crippen molar-refractivity contribution in [2.24, 2.45) is 91.2 Å². The molecular weight excluding hydrogens is 1050 g/mol. The molecule has 0 aromatic rings. The van der Waals surface area contributed by atoms with Gasteiger partial charge in [0.2, 0.25) is 20.8 Å². The minimum Gasteiger partial charge on any atom is -0.726 e. The van der Waals surface area contributed by atoms with Crippen LogP contribution >= 0.6 is 0 Å². The van der Waals surface area contributed by atoms with Crippen LogP contribution in [0.5, 0.6) is 0 Å². The standard InChI is InChI=1S/C58H88O15S2.2Na/c1-30(36-12-14-38-34-22-43(72-74(63,64)65)48-50(4,5)57(61)45(59)26-55(48,28-69-57)40(34)17-19-53(36,38)9)11-16-47-52(8)24-31(2)33(25-52)21-42(71-47)32(3)37-13-15-39-35-23-44(73-75(66,67)68)49-51(6,7)58(62)46(60)27-56(49,29-70-58)41(35)18-20-54(37,39)10;;/h24,30,32-33,36-39,42-49,59-62H,11-23,25-29H2,1-10H3,(H,63,64,65)(H,66,67,68);;/q;2*+1/p-2/t30-,32+,33-,36-,37?,38?,39?,42-,43?,44?,45?,46?,47+,48?,49?,52-,53-,54-,55+,56+,57?,58?;;/m1../s1. The molecule has 0 aromatic heterocycles. The molecule has 15 nitrogen and oxygen atoms in total. The molecule has 5 saturated heterocycles. The van der Waals surface area contributed by atoms with Crippen LogP contribution in [0.1, 0.15) is 172 Å². The molecule has 14 aliphatic rings. The molecule has 422 valence electrons. The van der Waals surface area contributed by atoms with Crippen LogP contribution in [-0.2, 0) is 43.4 Å². The van der Waals surface area contributed by atoms with Crippen LogP contribution in [0.25, 0.3) is 0 Å². The number of aliphatic hydroxyl groups excluding tert-OH is 2. The van der Waals surface area contributed by atoms with Gasteiger partial charge in [-0.05, 0) is 162 Å². The van der Waals surface area contributed by atoms with Crippen LogP contribution in [0.2, 0.25) is 0 Å². The summed E-state index contributed by atoms with van der Waals surface area (Å²) in [7, 11) is -10.2. The maximum absolute atomic E-state index is 12.5. The van der Waals surface area contributed by atoms with Crippen LogP contribution in [-0.4, -0.2) is 108 Å². The summed E-state index contributed by atoms with van der Waals surface area (Å²) in [4.78, 5) is 0. The first-order valence-electron chi connectivity index (χ1n) is 28.9. The fourth-order valence-electron chi connectivity index (χ4n) is 22.4. The van der Waals surface area contributed by atoms with E-state index in [4.69, 9.17) is 22.6 Å². The second-order valence-corrected chi connectivity index (χ2v) is 31.2. The Bertz CT molecular complexity index is 2730. The average Bonchev–Trinajstić information content (AvgIpc) is 4.04. The minimum atomic E-state index is -5.09. The van der Waals surface area contributed by atoms with Crippen molar-refractivity contribution in [2.75, 3.05) is 13.2 Å². The fourth-order valence-corrected chi connectivity index (χ4v) is 23.4. The molecule has 0 aromatic carbocycles. The molecule has 5 heterocycles. The molecule has 77 heavy (non-hydrogen) atoms. The molecule has 6 bridgehead atoms. The minimum absolute atomic E-state index is 0. The van der Waals surface area contributed by atoms with Crippen molar-refractivity contribution in [3.8, 4) is 0 Å². The van der Waals surface area contributed by atoms with Gasteiger partial charge in [-0.3, -0.25) is 8.37 Å². The Morgan fingerprint density at radius 2 is 1.16 bits per heavy atom. The Balaban J connectivity index is 0.00000336. The number of fused-ring (bicyclic) bond motifs is 10. The monoisotopic (exact) mass is 1130 g/mol. The number of rotatable bonds is 10. The SMILES string of the molecule is CC1=C[C@]2(C)C[C@H]1C[C@H]([C@@H](C)C1CCC3C4=C(CC[C@@]31C)[C@@]13COC(O)(C(O)C1)C(C)(C)C3C(OS(=O)(=O)[O-])C4)O[C@H]2CC[C@@H](C)[C@H]1CCC2C3=C(CC[C@@]21C)[C@@]12COC(O)(C(O)C1)C(C)(C)C2C(OS(=O)(=O)[O-])C3.[Na+].[Na+]. The van der Waals surface area contributed by atoms with E-state index < -0.39 is 90.3 Å².